The SMILES string of the molecule is Cc1ccc(Cl)cc1OCc1occc1CNC(C)(C)C. The third-order valence-electron chi connectivity index (χ3n) is 3.16. The quantitative estimate of drug-likeness (QED) is 0.868. The third kappa shape index (κ3) is 4.80. The largest absolute Gasteiger partial charge is 0.485 e. The minimum absolute atomic E-state index is 0.0684. The van der Waals surface area contributed by atoms with Crippen LogP contribution in [0.25, 0.3) is 0 Å². The highest BCUT2D eigenvalue weighted by molar-refractivity contribution is 6.30. The first kappa shape index (κ1) is 15.9. The molecule has 0 spiro atoms. The summed E-state index contributed by atoms with van der Waals surface area (Å²) in [6, 6.07) is 7.60. The summed E-state index contributed by atoms with van der Waals surface area (Å²) in [7, 11) is 0. The molecule has 0 aliphatic carbocycles. The van der Waals surface area contributed by atoms with Gasteiger partial charge >= 0.3 is 0 Å². The predicted octanol–water partition coefficient (Wildman–Crippen LogP) is 4.71. The smallest absolute Gasteiger partial charge is 0.146 e. The average Bonchev–Trinajstić information content (AvgIpc) is 2.84. The molecule has 0 saturated carbocycles. The van der Waals surface area contributed by atoms with Crippen LogP contribution in [-0.2, 0) is 13.2 Å². The number of hydrogen-bond acceptors (Lipinski definition) is 3. The van der Waals surface area contributed by atoms with Crippen LogP contribution in [0.15, 0.2) is 34.9 Å². The molecule has 1 aromatic heterocycles. The molecule has 2 aromatic rings. The van der Waals surface area contributed by atoms with Gasteiger partial charge < -0.3 is 14.5 Å². The van der Waals surface area contributed by atoms with Gasteiger partial charge in [0.2, 0.25) is 0 Å². The van der Waals surface area contributed by atoms with Gasteiger partial charge in [0, 0.05) is 22.7 Å². The van der Waals surface area contributed by atoms with Crippen LogP contribution in [0.4, 0.5) is 0 Å². The van der Waals surface area contributed by atoms with Crippen molar-refractivity contribution in [3.8, 4) is 5.75 Å². The number of aryl methyl sites for hydroxylation is 1. The highest BCUT2D eigenvalue weighted by Gasteiger charge is 2.13. The van der Waals surface area contributed by atoms with E-state index in [1.54, 1.807) is 6.26 Å². The molecule has 0 aliphatic heterocycles. The van der Waals surface area contributed by atoms with Gasteiger partial charge in [-0.1, -0.05) is 17.7 Å². The van der Waals surface area contributed by atoms with Crippen LogP contribution in [0.3, 0.4) is 0 Å². The Morgan fingerprint density at radius 3 is 2.71 bits per heavy atom. The molecular formula is C17H22ClNO2. The van der Waals surface area contributed by atoms with Crippen molar-refractivity contribution in [1.29, 1.82) is 0 Å². The Bertz CT molecular complexity index is 599. The topological polar surface area (TPSA) is 34.4 Å². The van der Waals surface area contributed by atoms with Gasteiger partial charge in [0.15, 0.2) is 0 Å². The maximum atomic E-state index is 6.00. The van der Waals surface area contributed by atoms with E-state index in [9.17, 15) is 0 Å². The Morgan fingerprint density at radius 1 is 1.24 bits per heavy atom. The molecule has 0 amide bonds. The van der Waals surface area contributed by atoms with Crippen molar-refractivity contribution in [1.82, 2.24) is 5.32 Å². The van der Waals surface area contributed by atoms with E-state index in [0.717, 1.165) is 29.2 Å². The van der Waals surface area contributed by atoms with Gasteiger partial charge in [0.1, 0.15) is 18.1 Å². The van der Waals surface area contributed by atoms with Gasteiger partial charge in [-0.25, -0.2) is 0 Å². The molecule has 0 fully saturated rings. The molecule has 1 aromatic carbocycles. The maximum absolute atomic E-state index is 6.00. The van der Waals surface area contributed by atoms with Gasteiger partial charge in [-0.2, -0.15) is 0 Å². The highest BCUT2D eigenvalue weighted by Crippen LogP contribution is 2.24. The Balaban J connectivity index is 2.01. The molecule has 1 N–H and O–H groups in total. The number of halogens is 1. The summed E-state index contributed by atoms with van der Waals surface area (Å²) in [5.41, 5.74) is 2.24. The van der Waals surface area contributed by atoms with Crippen molar-refractivity contribution in [2.75, 3.05) is 0 Å². The van der Waals surface area contributed by atoms with Crippen LogP contribution in [0.5, 0.6) is 5.75 Å². The van der Waals surface area contributed by atoms with E-state index in [1.165, 1.54) is 0 Å². The molecule has 0 atom stereocenters. The van der Waals surface area contributed by atoms with Crippen LogP contribution in [0, 0.1) is 6.92 Å². The summed E-state index contributed by atoms with van der Waals surface area (Å²) in [6.07, 6.45) is 1.70. The van der Waals surface area contributed by atoms with Crippen LogP contribution >= 0.6 is 11.6 Å². The number of hydrogen-bond donors (Lipinski definition) is 1. The molecule has 0 aliphatic rings. The molecule has 0 unspecified atom stereocenters. The fourth-order valence-corrected chi connectivity index (χ4v) is 2.05. The zero-order valence-corrected chi connectivity index (χ0v) is 13.8. The minimum atomic E-state index is 0.0684. The summed E-state index contributed by atoms with van der Waals surface area (Å²) in [6.45, 7) is 9.56. The fraction of sp³-hybridized carbons (Fsp3) is 0.412. The van der Waals surface area contributed by atoms with E-state index >= 15 is 0 Å². The third-order valence-corrected chi connectivity index (χ3v) is 3.39. The second kappa shape index (κ2) is 6.54. The second-order valence-corrected chi connectivity index (χ2v) is 6.61. The minimum Gasteiger partial charge on any atom is -0.485 e. The lowest BCUT2D eigenvalue weighted by atomic mass is 10.1. The number of furan rings is 1. The lowest BCUT2D eigenvalue weighted by Crippen LogP contribution is -2.35. The molecule has 114 valence electrons. The molecule has 3 nitrogen and oxygen atoms in total. The Labute approximate surface area is 131 Å². The lowest BCUT2D eigenvalue weighted by Gasteiger charge is -2.20. The van der Waals surface area contributed by atoms with E-state index in [1.807, 2.05) is 31.2 Å². The number of rotatable bonds is 5. The van der Waals surface area contributed by atoms with Crippen molar-refractivity contribution < 1.29 is 9.15 Å². The Morgan fingerprint density at radius 2 is 2.00 bits per heavy atom. The van der Waals surface area contributed by atoms with E-state index in [4.69, 9.17) is 20.8 Å². The van der Waals surface area contributed by atoms with Crippen LogP contribution < -0.4 is 10.1 Å². The van der Waals surface area contributed by atoms with Gasteiger partial charge in [-0.3, -0.25) is 0 Å². The number of ether oxygens (including phenoxy) is 1. The van der Waals surface area contributed by atoms with Crippen molar-refractivity contribution in [2.45, 2.75) is 46.4 Å². The normalized spacial score (nSPS) is 11.7. The first-order chi connectivity index (χ1) is 9.85. The Hall–Kier alpha value is -1.45. The van der Waals surface area contributed by atoms with E-state index < -0.39 is 0 Å². The summed E-state index contributed by atoms with van der Waals surface area (Å²) in [5.74, 6) is 1.62. The van der Waals surface area contributed by atoms with Crippen LogP contribution in [0.2, 0.25) is 5.02 Å². The van der Waals surface area contributed by atoms with Gasteiger partial charge in [0.25, 0.3) is 0 Å². The van der Waals surface area contributed by atoms with Crippen molar-refractivity contribution in [2.24, 2.45) is 0 Å². The lowest BCUT2D eigenvalue weighted by molar-refractivity contribution is 0.265. The molecule has 2 rings (SSSR count). The number of benzene rings is 1. The second-order valence-electron chi connectivity index (χ2n) is 6.17. The summed E-state index contributed by atoms with van der Waals surface area (Å²) in [5, 5.41) is 4.12. The monoisotopic (exact) mass is 307 g/mol. The van der Waals surface area contributed by atoms with E-state index in [0.29, 0.717) is 11.6 Å². The summed E-state index contributed by atoms with van der Waals surface area (Å²) < 4.78 is 11.4. The van der Waals surface area contributed by atoms with Crippen LogP contribution in [-0.4, -0.2) is 5.54 Å². The molecule has 21 heavy (non-hydrogen) atoms. The Kier molecular flexibility index (Phi) is 4.96. The van der Waals surface area contributed by atoms with E-state index in [-0.39, 0.29) is 5.54 Å². The first-order valence-corrected chi connectivity index (χ1v) is 7.42. The fourth-order valence-electron chi connectivity index (χ4n) is 1.88. The standard InChI is InChI=1S/C17H22ClNO2/c1-12-5-6-14(18)9-15(12)21-11-16-13(7-8-20-16)10-19-17(2,3)4/h5-9,19H,10-11H2,1-4H3. The predicted molar refractivity (Wildman–Crippen MR) is 85.8 cm³/mol. The van der Waals surface area contributed by atoms with Gasteiger partial charge in [-0.15, -0.1) is 0 Å². The summed E-state index contributed by atoms with van der Waals surface area (Å²) in [4.78, 5) is 0. The molecule has 0 radical (unpaired) electrons. The number of nitrogens with one attached hydrogen (secondary N) is 1. The van der Waals surface area contributed by atoms with Gasteiger partial charge in [0.05, 0.1) is 6.26 Å². The average molecular weight is 308 g/mol. The molecule has 1 heterocycles. The van der Waals surface area contributed by atoms with Crippen molar-refractivity contribution >= 4 is 11.6 Å². The first-order valence-electron chi connectivity index (χ1n) is 7.04. The van der Waals surface area contributed by atoms with Crippen LogP contribution in [0.1, 0.15) is 37.7 Å². The molecular weight excluding hydrogens is 286 g/mol. The van der Waals surface area contributed by atoms with Gasteiger partial charge in [-0.05, 0) is 51.5 Å². The molecule has 4 heteroatoms. The van der Waals surface area contributed by atoms with Crippen molar-refractivity contribution in [3.63, 3.8) is 0 Å². The van der Waals surface area contributed by atoms with Crippen molar-refractivity contribution in [3.05, 3.63) is 52.4 Å². The molecule has 0 saturated heterocycles. The zero-order valence-electron chi connectivity index (χ0n) is 13.0. The zero-order chi connectivity index (χ0) is 15.5. The van der Waals surface area contributed by atoms with E-state index in [2.05, 4.69) is 26.1 Å². The maximum Gasteiger partial charge on any atom is 0.146 e. The molecule has 0 bridgehead atoms. The highest BCUT2D eigenvalue weighted by atomic mass is 35.5. The summed E-state index contributed by atoms with van der Waals surface area (Å²) >= 11 is 6.00.